The Morgan fingerprint density at radius 3 is 2.81 bits per heavy atom. The Bertz CT molecular complexity index is 388. The summed E-state index contributed by atoms with van der Waals surface area (Å²) in [6, 6.07) is 0. The van der Waals surface area contributed by atoms with Crippen LogP contribution >= 0.6 is 0 Å². The molecule has 2 rings (SSSR count). The van der Waals surface area contributed by atoms with Crippen molar-refractivity contribution in [3.63, 3.8) is 0 Å². The molecule has 3 nitrogen and oxygen atoms in total. The lowest BCUT2D eigenvalue weighted by atomic mass is 10.1. The molecule has 0 bridgehead atoms. The third-order valence-corrected chi connectivity index (χ3v) is 3.40. The number of nitrogen functional groups attached to an aromatic ring is 1. The summed E-state index contributed by atoms with van der Waals surface area (Å²) in [4.78, 5) is 4.75. The van der Waals surface area contributed by atoms with E-state index in [0.29, 0.717) is 11.8 Å². The van der Waals surface area contributed by atoms with Gasteiger partial charge in [-0.1, -0.05) is 19.9 Å². The van der Waals surface area contributed by atoms with Crippen LogP contribution in [0.2, 0.25) is 0 Å². The van der Waals surface area contributed by atoms with E-state index in [-0.39, 0.29) is 0 Å². The van der Waals surface area contributed by atoms with E-state index in [9.17, 15) is 0 Å². The molecule has 1 aromatic heterocycles. The molecule has 0 aliphatic heterocycles. The van der Waals surface area contributed by atoms with Gasteiger partial charge in [0.15, 0.2) is 0 Å². The van der Waals surface area contributed by atoms with E-state index in [1.807, 2.05) is 6.08 Å². The molecule has 1 aliphatic carbocycles. The van der Waals surface area contributed by atoms with Crippen LogP contribution < -0.4 is 5.73 Å². The number of hydrogen-bond donors (Lipinski definition) is 1. The maximum atomic E-state index is 6.18. The first-order chi connectivity index (χ1) is 7.69. The number of anilines is 1. The minimum atomic E-state index is 0.448. The molecule has 0 spiro atoms. The van der Waals surface area contributed by atoms with E-state index in [0.717, 1.165) is 24.5 Å². The Morgan fingerprint density at radius 1 is 1.62 bits per heavy atom. The highest BCUT2D eigenvalue weighted by molar-refractivity contribution is 5.42. The van der Waals surface area contributed by atoms with Crippen LogP contribution in [0.4, 0.5) is 5.82 Å². The quantitative estimate of drug-likeness (QED) is 0.773. The summed E-state index contributed by atoms with van der Waals surface area (Å²) in [7, 11) is 0. The van der Waals surface area contributed by atoms with Gasteiger partial charge in [0.1, 0.15) is 11.6 Å². The number of hydrogen-bond acceptors (Lipinski definition) is 2. The number of aromatic nitrogens is 2. The number of nitrogens with zero attached hydrogens (tertiary/aromatic N) is 2. The lowest BCUT2D eigenvalue weighted by Crippen LogP contribution is -2.06. The summed E-state index contributed by atoms with van der Waals surface area (Å²) in [6.07, 6.45) is 5.49. The Morgan fingerprint density at radius 2 is 2.31 bits per heavy atom. The molecule has 1 saturated carbocycles. The van der Waals surface area contributed by atoms with E-state index in [1.54, 1.807) is 0 Å². The minimum absolute atomic E-state index is 0.448. The average Bonchev–Trinajstić information content (AvgIpc) is 3.07. The summed E-state index contributed by atoms with van der Waals surface area (Å²) in [5.41, 5.74) is 7.26. The Balaban J connectivity index is 2.39. The third-order valence-electron chi connectivity index (χ3n) is 3.40. The maximum absolute atomic E-state index is 6.18. The molecule has 0 amide bonds. The van der Waals surface area contributed by atoms with Crippen molar-refractivity contribution in [2.24, 2.45) is 0 Å². The fourth-order valence-electron chi connectivity index (χ4n) is 2.03. The Hall–Kier alpha value is -1.25. The van der Waals surface area contributed by atoms with Crippen molar-refractivity contribution in [3.05, 3.63) is 24.2 Å². The summed E-state index contributed by atoms with van der Waals surface area (Å²) < 4.78 is 2.13. The molecule has 3 heteroatoms. The first-order valence-electron chi connectivity index (χ1n) is 6.15. The molecule has 0 saturated heterocycles. The van der Waals surface area contributed by atoms with Crippen molar-refractivity contribution >= 4 is 5.82 Å². The first-order valence-corrected chi connectivity index (χ1v) is 6.15. The van der Waals surface area contributed by atoms with Crippen molar-refractivity contribution in [3.8, 4) is 0 Å². The number of rotatable bonds is 5. The molecule has 1 aliphatic rings. The topological polar surface area (TPSA) is 43.8 Å². The second-order valence-corrected chi connectivity index (χ2v) is 4.72. The predicted molar refractivity (Wildman–Crippen MR) is 67.5 cm³/mol. The summed E-state index contributed by atoms with van der Waals surface area (Å²) in [5, 5.41) is 0. The van der Waals surface area contributed by atoms with Gasteiger partial charge in [0.25, 0.3) is 0 Å². The predicted octanol–water partition coefficient (Wildman–Crippen LogP) is 3.04. The molecule has 2 N–H and O–H groups in total. The van der Waals surface area contributed by atoms with Gasteiger partial charge < -0.3 is 10.3 Å². The SMILES string of the molecule is C=CCn1c(C2CC2)nc(C(C)CC)c1N. The van der Waals surface area contributed by atoms with Gasteiger partial charge in [-0.25, -0.2) is 4.98 Å². The van der Waals surface area contributed by atoms with E-state index in [2.05, 4.69) is 25.0 Å². The van der Waals surface area contributed by atoms with Crippen molar-refractivity contribution in [1.82, 2.24) is 9.55 Å². The van der Waals surface area contributed by atoms with Gasteiger partial charge in [-0.3, -0.25) is 0 Å². The highest BCUT2D eigenvalue weighted by Gasteiger charge is 2.31. The minimum Gasteiger partial charge on any atom is -0.384 e. The second kappa shape index (κ2) is 4.32. The molecular weight excluding hydrogens is 198 g/mol. The van der Waals surface area contributed by atoms with Gasteiger partial charge >= 0.3 is 0 Å². The molecule has 1 fully saturated rings. The number of allylic oxidation sites excluding steroid dienone is 1. The monoisotopic (exact) mass is 219 g/mol. The zero-order valence-corrected chi connectivity index (χ0v) is 10.2. The highest BCUT2D eigenvalue weighted by atomic mass is 15.1. The van der Waals surface area contributed by atoms with Crippen LogP contribution in [-0.2, 0) is 6.54 Å². The van der Waals surface area contributed by atoms with Crippen LogP contribution in [0.5, 0.6) is 0 Å². The van der Waals surface area contributed by atoms with Crippen molar-refractivity contribution in [1.29, 1.82) is 0 Å². The second-order valence-electron chi connectivity index (χ2n) is 4.72. The Kier molecular flexibility index (Phi) is 3.03. The van der Waals surface area contributed by atoms with Crippen LogP contribution in [0.25, 0.3) is 0 Å². The molecule has 0 radical (unpaired) electrons. The number of imidazole rings is 1. The zero-order chi connectivity index (χ0) is 11.7. The molecule has 1 unspecified atom stereocenters. The van der Waals surface area contributed by atoms with Gasteiger partial charge in [0.2, 0.25) is 0 Å². The smallest absolute Gasteiger partial charge is 0.127 e. The first kappa shape index (κ1) is 11.2. The standard InChI is InChI=1S/C13H21N3/c1-4-8-16-12(14)11(9(3)5-2)15-13(16)10-6-7-10/h4,9-10H,1,5-8,14H2,2-3H3. The molecule has 1 atom stereocenters. The highest BCUT2D eigenvalue weighted by Crippen LogP contribution is 2.41. The van der Waals surface area contributed by atoms with Crippen LogP contribution in [0.1, 0.15) is 56.5 Å². The van der Waals surface area contributed by atoms with Crippen LogP contribution in [0.15, 0.2) is 12.7 Å². The summed E-state index contributed by atoms with van der Waals surface area (Å²) >= 11 is 0. The van der Waals surface area contributed by atoms with E-state index in [4.69, 9.17) is 10.7 Å². The average molecular weight is 219 g/mol. The molecule has 88 valence electrons. The fraction of sp³-hybridized carbons (Fsp3) is 0.615. The normalized spacial score (nSPS) is 17.4. The van der Waals surface area contributed by atoms with Crippen LogP contribution in [0.3, 0.4) is 0 Å². The zero-order valence-electron chi connectivity index (χ0n) is 10.2. The van der Waals surface area contributed by atoms with Crippen molar-refractivity contribution in [2.45, 2.75) is 51.5 Å². The molecular formula is C13H21N3. The van der Waals surface area contributed by atoms with Gasteiger partial charge in [-0.2, -0.15) is 0 Å². The van der Waals surface area contributed by atoms with Gasteiger partial charge in [-0.05, 0) is 19.3 Å². The van der Waals surface area contributed by atoms with E-state index < -0.39 is 0 Å². The van der Waals surface area contributed by atoms with Crippen LogP contribution in [-0.4, -0.2) is 9.55 Å². The molecule has 0 aromatic carbocycles. The summed E-state index contributed by atoms with van der Waals surface area (Å²) in [5.74, 6) is 3.10. The van der Waals surface area contributed by atoms with E-state index >= 15 is 0 Å². The van der Waals surface area contributed by atoms with E-state index in [1.165, 1.54) is 18.7 Å². The molecule has 16 heavy (non-hydrogen) atoms. The fourth-order valence-corrected chi connectivity index (χ4v) is 2.03. The Labute approximate surface area is 97.4 Å². The van der Waals surface area contributed by atoms with Crippen molar-refractivity contribution < 1.29 is 0 Å². The largest absolute Gasteiger partial charge is 0.384 e. The lowest BCUT2D eigenvalue weighted by Gasteiger charge is -2.08. The molecule has 1 aromatic rings. The third kappa shape index (κ3) is 1.86. The lowest BCUT2D eigenvalue weighted by molar-refractivity contribution is 0.711. The summed E-state index contributed by atoms with van der Waals surface area (Å²) in [6.45, 7) is 8.93. The van der Waals surface area contributed by atoms with Gasteiger partial charge in [0, 0.05) is 18.4 Å². The maximum Gasteiger partial charge on any atom is 0.127 e. The molecule has 1 heterocycles. The van der Waals surface area contributed by atoms with Gasteiger partial charge in [0.05, 0.1) is 5.69 Å². The van der Waals surface area contributed by atoms with Crippen LogP contribution in [0, 0.1) is 0 Å². The number of nitrogens with two attached hydrogens (primary N) is 1. The van der Waals surface area contributed by atoms with Gasteiger partial charge in [-0.15, -0.1) is 6.58 Å². The van der Waals surface area contributed by atoms with Crippen molar-refractivity contribution in [2.75, 3.05) is 5.73 Å².